The Kier molecular flexibility index (Phi) is 4.85. The van der Waals surface area contributed by atoms with Crippen LogP contribution >= 0.6 is 0 Å². The van der Waals surface area contributed by atoms with Crippen molar-refractivity contribution in [1.82, 2.24) is 10.2 Å². The lowest BCUT2D eigenvalue weighted by molar-refractivity contribution is -0.0696. The zero-order valence-electron chi connectivity index (χ0n) is 11.3. The van der Waals surface area contributed by atoms with Crippen molar-refractivity contribution in [2.75, 3.05) is 33.3 Å². The third-order valence-corrected chi connectivity index (χ3v) is 3.55. The zero-order valence-corrected chi connectivity index (χ0v) is 11.3. The number of nitrogens with zero attached hydrogens (tertiary/aromatic N) is 1. The summed E-state index contributed by atoms with van der Waals surface area (Å²) in [7, 11) is 1.84. The Hall–Kier alpha value is -1.04. The highest BCUT2D eigenvalue weighted by atomic mass is 19.1. The van der Waals surface area contributed by atoms with Gasteiger partial charge in [-0.25, -0.2) is 8.78 Å². The smallest absolute Gasteiger partial charge is 0.131 e. The molecule has 1 heterocycles. The van der Waals surface area contributed by atoms with Gasteiger partial charge in [-0.1, -0.05) is 13.0 Å². The molecule has 1 aromatic carbocycles. The lowest BCUT2D eigenvalue weighted by Gasteiger charge is -2.41. The van der Waals surface area contributed by atoms with Crippen molar-refractivity contribution in [3.63, 3.8) is 0 Å². The number of halogens is 2. The van der Waals surface area contributed by atoms with Crippen molar-refractivity contribution >= 4 is 0 Å². The first kappa shape index (κ1) is 14.4. The van der Waals surface area contributed by atoms with E-state index in [1.807, 2.05) is 14.0 Å². The Bertz CT molecular complexity index is 426. The van der Waals surface area contributed by atoms with Crippen LogP contribution in [0, 0.1) is 11.6 Å². The minimum atomic E-state index is -0.550. The Morgan fingerprint density at radius 3 is 2.84 bits per heavy atom. The molecule has 5 heteroatoms. The molecule has 2 rings (SSSR count). The average Bonchev–Trinajstić information content (AvgIpc) is 2.39. The number of benzene rings is 1. The predicted octanol–water partition coefficient (Wildman–Crippen LogP) is 1.95. The molecule has 19 heavy (non-hydrogen) atoms. The van der Waals surface area contributed by atoms with Gasteiger partial charge < -0.3 is 10.1 Å². The third kappa shape index (κ3) is 3.11. The van der Waals surface area contributed by atoms with Gasteiger partial charge in [-0.2, -0.15) is 0 Å². The van der Waals surface area contributed by atoms with E-state index in [4.69, 9.17) is 4.74 Å². The molecule has 0 saturated carbocycles. The molecule has 0 aromatic heterocycles. The molecule has 0 spiro atoms. The molecule has 1 aliphatic rings. The maximum atomic E-state index is 14.0. The third-order valence-electron chi connectivity index (χ3n) is 3.55. The van der Waals surface area contributed by atoms with Gasteiger partial charge in [0, 0.05) is 24.7 Å². The van der Waals surface area contributed by atoms with Gasteiger partial charge >= 0.3 is 0 Å². The fourth-order valence-corrected chi connectivity index (χ4v) is 2.65. The summed E-state index contributed by atoms with van der Waals surface area (Å²) in [6.45, 7) is 4.89. The molecular formula is C14H20F2N2O. The largest absolute Gasteiger partial charge is 0.374 e. The van der Waals surface area contributed by atoms with Crippen LogP contribution in [0.5, 0.6) is 0 Å². The summed E-state index contributed by atoms with van der Waals surface area (Å²) in [5.74, 6) is -1.05. The first-order valence-electron chi connectivity index (χ1n) is 6.62. The summed E-state index contributed by atoms with van der Waals surface area (Å²) in [6.07, 6.45) is -0.126. The molecule has 3 nitrogen and oxygen atoms in total. The van der Waals surface area contributed by atoms with E-state index in [9.17, 15) is 8.78 Å². The number of morpholine rings is 1. The molecule has 106 valence electrons. The van der Waals surface area contributed by atoms with Crippen LogP contribution in [0.15, 0.2) is 18.2 Å². The Morgan fingerprint density at radius 2 is 2.21 bits per heavy atom. The number of nitrogens with one attached hydrogen (secondary N) is 1. The Labute approximate surface area is 112 Å². The summed E-state index contributed by atoms with van der Waals surface area (Å²) in [5, 5.41) is 3.06. The predicted molar refractivity (Wildman–Crippen MR) is 70.0 cm³/mol. The quantitative estimate of drug-likeness (QED) is 0.905. The van der Waals surface area contributed by atoms with Crippen molar-refractivity contribution in [1.29, 1.82) is 0 Å². The van der Waals surface area contributed by atoms with Crippen molar-refractivity contribution in [3.8, 4) is 0 Å². The normalized spacial score (nSPS) is 24.6. The van der Waals surface area contributed by atoms with Crippen molar-refractivity contribution in [2.24, 2.45) is 0 Å². The average molecular weight is 270 g/mol. The van der Waals surface area contributed by atoms with E-state index in [1.54, 1.807) is 0 Å². The van der Waals surface area contributed by atoms with Gasteiger partial charge in [0.2, 0.25) is 0 Å². The van der Waals surface area contributed by atoms with Crippen LogP contribution in [0.25, 0.3) is 0 Å². The van der Waals surface area contributed by atoms with E-state index in [-0.39, 0.29) is 12.1 Å². The number of ether oxygens (including phenoxy) is 1. The topological polar surface area (TPSA) is 24.5 Å². The van der Waals surface area contributed by atoms with Crippen molar-refractivity contribution in [3.05, 3.63) is 35.4 Å². The lowest BCUT2D eigenvalue weighted by Crippen LogP contribution is -2.48. The van der Waals surface area contributed by atoms with Crippen LogP contribution in [0.1, 0.15) is 18.5 Å². The van der Waals surface area contributed by atoms with Crippen LogP contribution in [0.2, 0.25) is 0 Å². The first-order chi connectivity index (χ1) is 9.17. The fraction of sp³-hybridized carbons (Fsp3) is 0.571. The number of hydrogen-bond donors (Lipinski definition) is 1. The second-order valence-corrected chi connectivity index (χ2v) is 4.71. The molecule has 0 aliphatic carbocycles. The molecule has 0 bridgehead atoms. The molecule has 2 unspecified atom stereocenters. The van der Waals surface area contributed by atoms with E-state index in [1.165, 1.54) is 12.1 Å². The van der Waals surface area contributed by atoms with Crippen LogP contribution in [-0.4, -0.2) is 44.3 Å². The van der Waals surface area contributed by atoms with Crippen LogP contribution in [0.3, 0.4) is 0 Å². The maximum absolute atomic E-state index is 14.0. The summed E-state index contributed by atoms with van der Waals surface area (Å²) in [4.78, 5) is 2.17. The second kappa shape index (κ2) is 6.41. The minimum absolute atomic E-state index is 0.126. The molecule has 0 radical (unpaired) electrons. The molecule has 1 aromatic rings. The van der Waals surface area contributed by atoms with E-state index in [2.05, 4.69) is 10.2 Å². The van der Waals surface area contributed by atoms with Crippen molar-refractivity contribution < 1.29 is 13.5 Å². The van der Waals surface area contributed by atoms with Gasteiger partial charge in [-0.05, 0) is 19.7 Å². The Morgan fingerprint density at radius 1 is 1.42 bits per heavy atom. The summed E-state index contributed by atoms with van der Waals surface area (Å²) >= 11 is 0. The monoisotopic (exact) mass is 270 g/mol. The molecular weight excluding hydrogens is 250 g/mol. The molecule has 1 fully saturated rings. The van der Waals surface area contributed by atoms with Crippen LogP contribution in [-0.2, 0) is 4.74 Å². The van der Waals surface area contributed by atoms with E-state index >= 15 is 0 Å². The highest BCUT2D eigenvalue weighted by molar-refractivity contribution is 5.24. The molecule has 2 atom stereocenters. The standard InChI is InChI=1S/C14H20F2N2O/c1-3-18-6-7-19-13(9-17-2)14(18)11-5-4-10(15)8-12(11)16/h4-5,8,13-14,17H,3,6-7,9H2,1-2H3. The maximum Gasteiger partial charge on any atom is 0.131 e. The van der Waals surface area contributed by atoms with E-state index < -0.39 is 11.6 Å². The SMILES string of the molecule is CCN1CCOC(CNC)C1c1ccc(F)cc1F. The number of rotatable bonds is 4. The van der Waals surface area contributed by atoms with Gasteiger partial charge in [-0.3, -0.25) is 4.90 Å². The van der Waals surface area contributed by atoms with E-state index in [0.717, 1.165) is 19.2 Å². The zero-order chi connectivity index (χ0) is 13.8. The number of hydrogen-bond acceptors (Lipinski definition) is 3. The van der Waals surface area contributed by atoms with Gasteiger partial charge in [0.15, 0.2) is 0 Å². The summed E-state index contributed by atoms with van der Waals surface area (Å²) < 4.78 is 32.8. The Balaban J connectivity index is 2.33. The summed E-state index contributed by atoms with van der Waals surface area (Å²) in [6, 6.07) is 3.59. The van der Waals surface area contributed by atoms with Gasteiger partial charge in [0.1, 0.15) is 11.6 Å². The van der Waals surface area contributed by atoms with Crippen molar-refractivity contribution in [2.45, 2.75) is 19.1 Å². The lowest BCUT2D eigenvalue weighted by atomic mass is 9.97. The highest BCUT2D eigenvalue weighted by Gasteiger charge is 2.34. The molecule has 1 saturated heterocycles. The van der Waals surface area contributed by atoms with Crippen LogP contribution in [0.4, 0.5) is 8.78 Å². The van der Waals surface area contributed by atoms with Gasteiger partial charge in [0.25, 0.3) is 0 Å². The molecule has 0 amide bonds. The summed E-state index contributed by atoms with van der Waals surface area (Å²) in [5.41, 5.74) is 0.503. The number of likely N-dealkylation sites (N-methyl/N-ethyl adjacent to an activating group) is 2. The molecule has 1 aliphatic heterocycles. The van der Waals surface area contributed by atoms with Crippen LogP contribution < -0.4 is 5.32 Å². The first-order valence-corrected chi connectivity index (χ1v) is 6.62. The second-order valence-electron chi connectivity index (χ2n) is 4.71. The van der Waals surface area contributed by atoms with Gasteiger partial charge in [0.05, 0.1) is 18.8 Å². The van der Waals surface area contributed by atoms with E-state index in [0.29, 0.717) is 18.7 Å². The highest BCUT2D eigenvalue weighted by Crippen LogP contribution is 2.31. The molecule has 1 N–H and O–H groups in total. The minimum Gasteiger partial charge on any atom is -0.374 e. The fourth-order valence-electron chi connectivity index (χ4n) is 2.65. The van der Waals surface area contributed by atoms with Gasteiger partial charge in [-0.15, -0.1) is 0 Å².